The largest absolute Gasteiger partial charge is 0.0958 e. The van der Waals surface area contributed by atoms with Gasteiger partial charge in [-0.3, -0.25) is 0 Å². The summed E-state index contributed by atoms with van der Waals surface area (Å²) in [7, 11) is 0. The van der Waals surface area contributed by atoms with Gasteiger partial charge in [0.2, 0.25) is 0 Å². The van der Waals surface area contributed by atoms with E-state index in [4.69, 9.17) is 0 Å². The van der Waals surface area contributed by atoms with Crippen molar-refractivity contribution in [2.45, 2.75) is 40.0 Å². The summed E-state index contributed by atoms with van der Waals surface area (Å²) < 4.78 is 0. The Morgan fingerprint density at radius 3 is 2.44 bits per heavy atom. The summed E-state index contributed by atoms with van der Waals surface area (Å²) in [6, 6.07) is 6.75. The van der Waals surface area contributed by atoms with Gasteiger partial charge in [0, 0.05) is 0 Å². The molecular formula is C18H22. The second kappa shape index (κ2) is 4.97. The third kappa shape index (κ3) is 2.20. The number of allylic oxidation sites excluding steroid dienone is 4. The molecule has 0 aromatic heterocycles. The Morgan fingerprint density at radius 2 is 1.89 bits per heavy atom. The molecule has 2 rings (SSSR count). The second-order valence-electron chi connectivity index (χ2n) is 5.32. The van der Waals surface area contributed by atoms with Crippen LogP contribution in [0.5, 0.6) is 0 Å². The number of benzene rings is 1. The van der Waals surface area contributed by atoms with Crippen LogP contribution < -0.4 is 0 Å². The molecule has 0 radical (unpaired) electrons. The molecular weight excluding hydrogens is 216 g/mol. The standard InChI is InChI=1S/C18H22/c1-6-7-16-17(13(4)5)11-15-9-8-14(12(2)3)10-18(15)16/h8-10H,2,4,6-7,11H2,1,3,5H3. The summed E-state index contributed by atoms with van der Waals surface area (Å²) >= 11 is 0. The molecule has 18 heavy (non-hydrogen) atoms. The van der Waals surface area contributed by atoms with Crippen molar-refractivity contribution in [3.63, 3.8) is 0 Å². The minimum atomic E-state index is 1.05. The zero-order valence-corrected chi connectivity index (χ0v) is 11.8. The predicted molar refractivity (Wildman–Crippen MR) is 81.5 cm³/mol. The Hall–Kier alpha value is -1.56. The highest BCUT2D eigenvalue weighted by atomic mass is 14.3. The van der Waals surface area contributed by atoms with E-state index in [1.54, 1.807) is 0 Å². The van der Waals surface area contributed by atoms with Crippen molar-refractivity contribution in [3.8, 4) is 0 Å². The molecule has 1 aromatic rings. The highest BCUT2D eigenvalue weighted by Crippen LogP contribution is 2.39. The number of hydrogen-bond donors (Lipinski definition) is 0. The van der Waals surface area contributed by atoms with Crippen LogP contribution in [-0.2, 0) is 6.42 Å². The van der Waals surface area contributed by atoms with Gasteiger partial charge in [0.1, 0.15) is 0 Å². The lowest BCUT2D eigenvalue weighted by molar-refractivity contribution is 0.970. The molecule has 0 spiro atoms. The van der Waals surface area contributed by atoms with Gasteiger partial charge >= 0.3 is 0 Å². The first-order chi connectivity index (χ1) is 8.54. The molecule has 0 unspecified atom stereocenters. The molecule has 0 fully saturated rings. The zero-order chi connectivity index (χ0) is 13.3. The van der Waals surface area contributed by atoms with Crippen molar-refractivity contribution in [3.05, 3.63) is 59.2 Å². The third-order valence-corrected chi connectivity index (χ3v) is 3.67. The van der Waals surface area contributed by atoms with Crippen molar-refractivity contribution in [2.75, 3.05) is 0 Å². The van der Waals surface area contributed by atoms with E-state index in [1.165, 1.54) is 39.8 Å². The molecule has 0 bridgehead atoms. The van der Waals surface area contributed by atoms with Crippen molar-refractivity contribution < 1.29 is 0 Å². The smallest absolute Gasteiger partial charge is 0.00144 e. The summed E-state index contributed by atoms with van der Waals surface area (Å²) in [4.78, 5) is 0. The molecule has 0 saturated heterocycles. The van der Waals surface area contributed by atoms with Crippen LogP contribution in [0.15, 0.2) is 42.5 Å². The summed E-state index contributed by atoms with van der Waals surface area (Å²) in [6.07, 6.45) is 3.38. The van der Waals surface area contributed by atoms with Gasteiger partial charge in [-0.2, -0.15) is 0 Å². The van der Waals surface area contributed by atoms with Crippen molar-refractivity contribution >= 4 is 11.1 Å². The summed E-state index contributed by atoms with van der Waals surface area (Å²) in [6.45, 7) is 14.6. The highest BCUT2D eigenvalue weighted by Gasteiger charge is 2.21. The molecule has 1 aliphatic rings. The van der Waals surface area contributed by atoms with E-state index in [2.05, 4.69) is 52.1 Å². The van der Waals surface area contributed by atoms with E-state index >= 15 is 0 Å². The molecule has 1 aromatic carbocycles. The fraction of sp³-hybridized carbons (Fsp3) is 0.333. The lowest BCUT2D eigenvalue weighted by atomic mass is 9.96. The van der Waals surface area contributed by atoms with E-state index in [0.717, 1.165) is 18.4 Å². The molecule has 0 saturated carbocycles. The average Bonchev–Trinajstić information content (AvgIpc) is 2.68. The van der Waals surface area contributed by atoms with Crippen LogP contribution in [0, 0.1) is 0 Å². The van der Waals surface area contributed by atoms with E-state index in [0.29, 0.717) is 0 Å². The molecule has 0 N–H and O–H groups in total. The Balaban J connectivity index is 2.53. The van der Waals surface area contributed by atoms with Gasteiger partial charge in [-0.25, -0.2) is 0 Å². The molecule has 94 valence electrons. The summed E-state index contributed by atoms with van der Waals surface area (Å²) in [5.41, 5.74) is 9.43. The first kappa shape index (κ1) is 12.9. The fourth-order valence-electron chi connectivity index (χ4n) is 2.68. The number of hydrogen-bond acceptors (Lipinski definition) is 0. The fourth-order valence-corrected chi connectivity index (χ4v) is 2.68. The van der Waals surface area contributed by atoms with Gasteiger partial charge in [0.05, 0.1) is 0 Å². The summed E-state index contributed by atoms with van der Waals surface area (Å²) in [5, 5.41) is 0. The molecule has 0 atom stereocenters. The van der Waals surface area contributed by atoms with Gasteiger partial charge in [-0.15, -0.1) is 0 Å². The topological polar surface area (TPSA) is 0 Å². The Kier molecular flexibility index (Phi) is 3.56. The van der Waals surface area contributed by atoms with Crippen LogP contribution in [0.25, 0.3) is 11.1 Å². The van der Waals surface area contributed by atoms with Gasteiger partial charge in [0.25, 0.3) is 0 Å². The van der Waals surface area contributed by atoms with Crippen LogP contribution in [0.3, 0.4) is 0 Å². The number of rotatable bonds is 4. The molecule has 0 nitrogen and oxygen atoms in total. The van der Waals surface area contributed by atoms with Crippen LogP contribution >= 0.6 is 0 Å². The molecule has 1 aliphatic carbocycles. The maximum atomic E-state index is 4.13. The first-order valence-electron chi connectivity index (χ1n) is 6.71. The summed E-state index contributed by atoms with van der Waals surface area (Å²) in [5.74, 6) is 0. The second-order valence-corrected chi connectivity index (χ2v) is 5.32. The number of fused-ring (bicyclic) bond motifs is 1. The predicted octanol–water partition coefficient (Wildman–Crippen LogP) is 5.41. The van der Waals surface area contributed by atoms with Crippen LogP contribution in [-0.4, -0.2) is 0 Å². The van der Waals surface area contributed by atoms with Crippen LogP contribution in [0.4, 0.5) is 0 Å². The lowest BCUT2D eigenvalue weighted by Gasteiger charge is -2.09. The molecule has 0 heterocycles. The van der Waals surface area contributed by atoms with E-state index in [9.17, 15) is 0 Å². The van der Waals surface area contributed by atoms with Crippen molar-refractivity contribution in [2.24, 2.45) is 0 Å². The monoisotopic (exact) mass is 238 g/mol. The van der Waals surface area contributed by atoms with Crippen molar-refractivity contribution in [1.82, 2.24) is 0 Å². The van der Waals surface area contributed by atoms with E-state index in [1.807, 2.05) is 0 Å². The Bertz CT molecular complexity index is 541. The first-order valence-corrected chi connectivity index (χ1v) is 6.71. The molecule has 0 aliphatic heterocycles. The molecule has 0 amide bonds. The lowest BCUT2D eigenvalue weighted by Crippen LogP contribution is -1.88. The van der Waals surface area contributed by atoms with Gasteiger partial charge in [0.15, 0.2) is 0 Å². The van der Waals surface area contributed by atoms with Gasteiger partial charge in [-0.1, -0.05) is 49.8 Å². The van der Waals surface area contributed by atoms with Gasteiger partial charge in [-0.05, 0) is 60.6 Å². The zero-order valence-electron chi connectivity index (χ0n) is 11.8. The van der Waals surface area contributed by atoms with Crippen LogP contribution in [0.2, 0.25) is 0 Å². The Labute approximate surface area is 111 Å². The average molecular weight is 238 g/mol. The quantitative estimate of drug-likeness (QED) is 0.658. The minimum Gasteiger partial charge on any atom is -0.0958 e. The van der Waals surface area contributed by atoms with E-state index < -0.39 is 0 Å². The maximum Gasteiger partial charge on any atom is -0.00144 e. The van der Waals surface area contributed by atoms with Gasteiger partial charge < -0.3 is 0 Å². The highest BCUT2D eigenvalue weighted by molar-refractivity contribution is 5.81. The normalized spacial score (nSPS) is 13.7. The third-order valence-electron chi connectivity index (χ3n) is 3.67. The van der Waals surface area contributed by atoms with Crippen molar-refractivity contribution in [1.29, 1.82) is 0 Å². The molecule has 0 heteroatoms. The SMILES string of the molecule is C=C(C)C1=C(CCC)c2cc(C(=C)C)ccc2C1. The maximum absolute atomic E-state index is 4.13. The van der Waals surface area contributed by atoms with Crippen LogP contribution in [0.1, 0.15) is 50.3 Å². The van der Waals surface area contributed by atoms with E-state index in [-0.39, 0.29) is 0 Å². The minimum absolute atomic E-state index is 1.05. The Morgan fingerprint density at radius 1 is 1.17 bits per heavy atom.